The zero-order valence-corrected chi connectivity index (χ0v) is 22.5. The molecule has 15 heteroatoms. The molecule has 202 valence electrons. The van der Waals surface area contributed by atoms with E-state index in [9.17, 15) is 25.0 Å². The summed E-state index contributed by atoms with van der Waals surface area (Å²) in [4.78, 5) is 38.1. The Labute approximate surface area is 227 Å². The Morgan fingerprint density at radius 2 is 1.64 bits per heavy atom. The van der Waals surface area contributed by atoms with Crippen molar-refractivity contribution < 1.29 is 23.9 Å². The summed E-state index contributed by atoms with van der Waals surface area (Å²) >= 11 is 6.20. The van der Waals surface area contributed by atoms with Crippen molar-refractivity contribution in [2.75, 3.05) is 19.7 Å². The summed E-state index contributed by atoms with van der Waals surface area (Å²) in [5, 5.41) is 27.3. The van der Waals surface area contributed by atoms with Gasteiger partial charge in [-0.05, 0) is 55.8 Å². The van der Waals surface area contributed by atoms with Gasteiger partial charge in [0.25, 0.3) is 11.4 Å². The molecule has 1 aromatic heterocycles. The molecular weight excluding hydrogens is 547 g/mol. The summed E-state index contributed by atoms with van der Waals surface area (Å²) in [7, 11) is 0. The third kappa shape index (κ3) is 5.18. The second-order valence-corrected chi connectivity index (χ2v) is 12.6. The Bertz CT molecular complexity index is 1530. The van der Waals surface area contributed by atoms with Crippen molar-refractivity contribution in [3.05, 3.63) is 85.6 Å². The Hall–Kier alpha value is -4.00. The van der Waals surface area contributed by atoms with Gasteiger partial charge in [-0.25, -0.2) is 14.1 Å². The van der Waals surface area contributed by atoms with Crippen LogP contribution >= 0.6 is 6.42 Å². The predicted molar refractivity (Wildman–Crippen MR) is 145 cm³/mol. The molecule has 1 saturated heterocycles. The van der Waals surface area contributed by atoms with Gasteiger partial charge in [-0.1, -0.05) is 0 Å². The lowest BCUT2D eigenvalue weighted by atomic mass is 10.2. The van der Waals surface area contributed by atoms with E-state index < -0.39 is 22.2 Å². The van der Waals surface area contributed by atoms with Gasteiger partial charge in [-0.15, -0.1) is 0 Å². The molecule has 3 aromatic rings. The number of benzene rings is 2. The quantitative estimate of drug-likeness (QED) is 0.168. The number of esters is 1. The number of carbonyl (C=O) groups is 1. The fourth-order valence-corrected chi connectivity index (χ4v) is 8.36. The molecule has 39 heavy (non-hydrogen) atoms. The first-order chi connectivity index (χ1) is 18.7. The van der Waals surface area contributed by atoms with Gasteiger partial charge in [0.05, 0.1) is 27.6 Å². The highest BCUT2D eigenvalue weighted by Gasteiger charge is 2.42. The summed E-state index contributed by atoms with van der Waals surface area (Å²) in [5.41, 5.74) is 1.24. The molecule has 2 aliphatic heterocycles. The molecule has 0 N–H and O–H groups in total. The summed E-state index contributed by atoms with van der Waals surface area (Å²) in [5.74, 6) is 0.147. The van der Waals surface area contributed by atoms with Crippen molar-refractivity contribution in [1.29, 1.82) is 0 Å². The molecule has 0 spiro atoms. The number of aliphatic imine (C=N–C) groups is 1. The molecule has 3 heterocycles. The van der Waals surface area contributed by atoms with Crippen molar-refractivity contribution in [3.63, 3.8) is 0 Å². The molecule has 1 unspecified atom stereocenters. The average Bonchev–Trinajstić information content (AvgIpc) is 3.58. The maximum atomic E-state index is 12.5. The number of nitrogens with zero attached hydrogens (tertiary/aromatic N) is 6. The fourth-order valence-electron chi connectivity index (χ4n) is 4.47. The summed E-state index contributed by atoms with van der Waals surface area (Å²) in [6.07, 6.45) is -0.791. The molecule has 0 bridgehead atoms. The topological polar surface area (TPSA) is 155 Å². The van der Waals surface area contributed by atoms with Gasteiger partial charge in [0, 0.05) is 42.9 Å². The van der Waals surface area contributed by atoms with E-state index in [1.807, 2.05) is 6.92 Å². The van der Waals surface area contributed by atoms with Crippen LogP contribution in [0.4, 0.5) is 17.2 Å². The SMILES string of the molecule is Cc1nn(CCOC(=O)c2ccc([N+](=O)[O-])cc2)c2c1P(=S)(N1CCCC1)OC(c1ccc([N+](=O)[O-])cc1)=N2. The lowest BCUT2D eigenvalue weighted by Crippen LogP contribution is -2.30. The van der Waals surface area contributed by atoms with Crippen LogP contribution in [-0.4, -0.2) is 55.9 Å². The Morgan fingerprint density at radius 1 is 1.05 bits per heavy atom. The molecule has 0 amide bonds. The number of hydrogen-bond acceptors (Lipinski definition) is 10. The zero-order chi connectivity index (χ0) is 27.7. The van der Waals surface area contributed by atoms with Crippen molar-refractivity contribution >= 4 is 52.6 Å². The van der Waals surface area contributed by atoms with Crippen molar-refractivity contribution in [1.82, 2.24) is 14.5 Å². The summed E-state index contributed by atoms with van der Waals surface area (Å²) < 4.78 is 15.6. The number of aryl methyl sites for hydroxylation is 1. The van der Waals surface area contributed by atoms with Crippen LogP contribution in [0.25, 0.3) is 0 Å². The number of nitro groups is 2. The van der Waals surface area contributed by atoms with Gasteiger partial charge >= 0.3 is 5.97 Å². The summed E-state index contributed by atoms with van der Waals surface area (Å²) in [6.45, 7) is 3.55. The first-order valence-electron chi connectivity index (χ1n) is 12.1. The first-order valence-corrected chi connectivity index (χ1v) is 14.7. The van der Waals surface area contributed by atoms with Gasteiger partial charge < -0.3 is 9.26 Å². The Kier molecular flexibility index (Phi) is 7.25. The highest BCUT2D eigenvalue weighted by molar-refractivity contribution is 8.15. The van der Waals surface area contributed by atoms with E-state index in [1.54, 1.807) is 16.8 Å². The van der Waals surface area contributed by atoms with Gasteiger partial charge in [0.1, 0.15) is 11.9 Å². The van der Waals surface area contributed by atoms with Gasteiger partial charge in [-0.2, -0.15) is 10.1 Å². The number of carbonyl (C=O) groups excluding carboxylic acids is 1. The van der Waals surface area contributed by atoms with Crippen LogP contribution in [0.3, 0.4) is 0 Å². The minimum absolute atomic E-state index is 0.0286. The van der Waals surface area contributed by atoms with E-state index in [2.05, 4.69) is 9.77 Å². The number of aromatic nitrogens is 2. The number of fused-ring (bicyclic) bond motifs is 1. The van der Waals surface area contributed by atoms with E-state index in [0.717, 1.165) is 31.2 Å². The number of rotatable bonds is 8. The molecular formula is C24H23N6O7PS. The third-order valence-electron chi connectivity index (χ3n) is 6.40. The van der Waals surface area contributed by atoms with Crippen molar-refractivity contribution in [2.24, 2.45) is 4.99 Å². The van der Waals surface area contributed by atoms with Crippen LogP contribution in [0.2, 0.25) is 0 Å². The number of hydrogen-bond donors (Lipinski definition) is 0. The Balaban J connectivity index is 1.42. The molecule has 0 aliphatic carbocycles. The lowest BCUT2D eigenvalue weighted by Gasteiger charge is -2.34. The number of non-ortho nitro benzene ring substituents is 2. The number of ether oxygens (including phenoxy) is 1. The molecule has 1 fully saturated rings. The maximum absolute atomic E-state index is 12.5. The fraction of sp³-hybridized carbons (Fsp3) is 0.292. The van der Waals surface area contributed by atoms with Crippen molar-refractivity contribution in [3.8, 4) is 0 Å². The van der Waals surface area contributed by atoms with E-state index in [0.29, 0.717) is 17.1 Å². The minimum atomic E-state index is -2.78. The molecule has 5 rings (SSSR count). The third-order valence-corrected chi connectivity index (χ3v) is 10.5. The van der Waals surface area contributed by atoms with Crippen LogP contribution in [0.5, 0.6) is 0 Å². The van der Waals surface area contributed by atoms with Crippen molar-refractivity contribution in [2.45, 2.75) is 26.3 Å². The Morgan fingerprint density at radius 3 is 2.23 bits per heavy atom. The van der Waals surface area contributed by atoms with E-state index in [1.165, 1.54) is 36.4 Å². The standard InChI is InChI=1S/C24H23N6O7PS/c1-16-21-22(28(26-16)14-15-36-24(31)18-6-10-20(11-7-18)30(34)35)25-23(17-4-8-19(9-5-17)29(32)33)37-38(21,39)27-12-2-3-13-27/h4-11H,2-3,12-15H2,1H3. The van der Waals surface area contributed by atoms with Gasteiger partial charge in [0.15, 0.2) is 5.82 Å². The predicted octanol–water partition coefficient (Wildman–Crippen LogP) is 4.00. The molecule has 2 aliphatic rings. The second-order valence-electron chi connectivity index (χ2n) is 8.91. The second kappa shape index (κ2) is 10.6. The normalized spacial score (nSPS) is 18.6. The van der Waals surface area contributed by atoms with Crippen LogP contribution in [0.1, 0.15) is 34.5 Å². The molecule has 2 aromatic carbocycles. The smallest absolute Gasteiger partial charge is 0.338 e. The van der Waals surface area contributed by atoms with Gasteiger partial charge in [0.2, 0.25) is 12.3 Å². The van der Waals surface area contributed by atoms with Crippen LogP contribution in [0, 0.1) is 27.2 Å². The average molecular weight is 571 g/mol. The van der Waals surface area contributed by atoms with Crippen LogP contribution in [-0.2, 0) is 27.6 Å². The maximum Gasteiger partial charge on any atom is 0.338 e. The lowest BCUT2D eigenvalue weighted by molar-refractivity contribution is -0.385. The van der Waals surface area contributed by atoms with E-state index >= 15 is 0 Å². The minimum Gasteiger partial charge on any atom is -0.460 e. The van der Waals surface area contributed by atoms with Crippen LogP contribution < -0.4 is 5.30 Å². The number of nitro benzene ring substituents is 2. The zero-order valence-electron chi connectivity index (χ0n) is 20.8. The summed E-state index contributed by atoms with van der Waals surface area (Å²) in [6, 6.07) is 11.1. The van der Waals surface area contributed by atoms with Crippen LogP contribution in [0.15, 0.2) is 53.5 Å². The molecule has 13 nitrogen and oxygen atoms in total. The molecule has 0 saturated carbocycles. The largest absolute Gasteiger partial charge is 0.460 e. The highest BCUT2D eigenvalue weighted by atomic mass is 32.4. The van der Waals surface area contributed by atoms with E-state index in [4.69, 9.17) is 26.1 Å². The highest BCUT2D eigenvalue weighted by Crippen LogP contribution is 2.57. The van der Waals surface area contributed by atoms with E-state index in [-0.39, 0.29) is 36.0 Å². The molecule has 1 atom stereocenters. The monoisotopic (exact) mass is 570 g/mol. The molecule has 0 radical (unpaired) electrons. The first kappa shape index (κ1) is 26.6. The van der Waals surface area contributed by atoms with Gasteiger partial charge in [-0.3, -0.25) is 20.2 Å².